The Labute approximate surface area is 257 Å². The van der Waals surface area contributed by atoms with Gasteiger partial charge in [-0.1, -0.05) is 11.2 Å². The first-order valence-corrected chi connectivity index (χ1v) is 14.2. The first kappa shape index (κ1) is 25.4. The van der Waals surface area contributed by atoms with Crippen LogP contribution in [0.1, 0.15) is 46.1 Å². The van der Waals surface area contributed by atoms with Crippen LogP contribution in [-0.2, 0) is 16.1 Å². The van der Waals surface area contributed by atoms with Crippen molar-refractivity contribution in [3.63, 3.8) is 0 Å². The van der Waals surface area contributed by atoms with Crippen molar-refractivity contribution in [3.8, 4) is 23.3 Å². The molecule has 2 saturated carbocycles. The summed E-state index contributed by atoms with van der Waals surface area (Å²) < 4.78 is 33.5. The lowest BCUT2D eigenvalue weighted by atomic mass is 10.1. The molecule has 3 N–H and O–H groups in total. The van der Waals surface area contributed by atoms with Gasteiger partial charge in [0, 0.05) is 49.3 Å². The predicted octanol–water partition coefficient (Wildman–Crippen LogP) is 1.93. The number of nitrogens with zero attached hydrogens (tertiary/aromatic N) is 7. The van der Waals surface area contributed by atoms with Gasteiger partial charge in [0.2, 0.25) is 11.8 Å². The van der Waals surface area contributed by atoms with Gasteiger partial charge in [0.05, 0.1) is 36.7 Å². The predicted molar refractivity (Wildman–Crippen MR) is 155 cm³/mol. The van der Waals surface area contributed by atoms with E-state index in [0.29, 0.717) is 62.6 Å². The lowest BCUT2D eigenvalue weighted by Crippen LogP contribution is -2.50. The Hall–Kier alpha value is -5.10. The van der Waals surface area contributed by atoms with Crippen LogP contribution in [0.25, 0.3) is 11.5 Å². The number of amides is 3. The van der Waals surface area contributed by atoms with Crippen molar-refractivity contribution in [1.82, 2.24) is 35.5 Å². The Morgan fingerprint density at radius 3 is 2.66 bits per heavy atom. The van der Waals surface area contributed by atoms with Crippen molar-refractivity contribution in [2.45, 2.75) is 32.2 Å². The minimum Gasteiger partial charge on any atom is -0.494 e. The Kier molecular flexibility index (Phi) is 6.86. The second-order valence-electron chi connectivity index (χ2n) is 11.0. The number of aromatic nitrogens is 4. The summed E-state index contributed by atoms with van der Waals surface area (Å²) in [4.78, 5) is 46.3. The zero-order valence-corrected chi connectivity index (χ0v) is 23.9. The third-order valence-corrected chi connectivity index (χ3v) is 7.91. The number of nitriles is 1. The van der Waals surface area contributed by atoms with E-state index in [2.05, 4.69) is 41.9 Å². The highest BCUT2D eigenvalue weighted by atomic mass is 16.5. The normalized spacial score (nSPS) is 18.6. The van der Waals surface area contributed by atoms with Crippen molar-refractivity contribution in [3.05, 3.63) is 35.8 Å². The van der Waals surface area contributed by atoms with Gasteiger partial charge >= 0.3 is 0 Å². The van der Waals surface area contributed by atoms with E-state index in [-0.39, 0.29) is 46.6 Å². The molecule has 228 valence electrons. The molecule has 15 heteroatoms. The number of anilines is 3. The maximum atomic E-state index is 12.8. The van der Waals surface area contributed by atoms with E-state index in [9.17, 15) is 19.6 Å². The molecule has 0 unspecified atom stereocenters. The molecule has 3 heterocycles. The standard InChI is InChI=1S/C29H32N10O5/c1-31-26(41)23-20(14-21(35-36-23)33-25(40)17-6-7-17)32-19-5-3-4-18(24(19)43-2)27-34-22(37-44-27)15-38-10-12-39(13-11-38)28(42)29(16-30)8-9-29/h3-5,14,17H,6-13,15H2,1-2H3,(H,31,41)(H2,32,33,35,40)/i1D3. The molecule has 3 aliphatic rings. The van der Waals surface area contributed by atoms with Crippen LogP contribution in [0.15, 0.2) is 28.8 Å². The molecule has 0 radical (unpaired) electrons. The van der Waals surface area contributed by atoms with E-state index < -0.39 is 18.3 Å². The fourth-order valence-corrected chi connectivity index (χ4v) is 5.06. The van der Waals surface area contributed by atoms with E-state index in [1.54, 1.807) is 23.1 Å². The van der Waals surface area contributed by atoms with Gasteiger partial charge in [0.25, 0.3) is 11.8 Å². The van der Waals surface area contributed by atoms with Crippen molar-refractivity contribution >= 4 is 34.9 Å². The molecular formula is C29H32N10O5. The number of nitrogens with one attached hydrogen (secondary N) is 3. The number of ether oxygens (including phenoxy) is 1. The average molecular weight is 604 g/mol. The Morgan fingerprint density at radius 2 is 1.98 bits per heavy atom. The Morgan fingerprint density at radius 1 is 1.18 bits per heavy atom. The topological polar surface area (TPSA) is 191 Å². The van der Waals surface area contributed by atoms with Gasteiger partial charge in [0.1, 0.15) is 5.41 Å². The second-order valence-corrected chi connectivity index (χ2v) is 11.0. The third kappa shape index (κ3) is 5.88. The lowest BCUT2D eigenvalue weighted by Gasteiger charge is -2.35. The van der Waals surface area contributed by atoms with E-state index in [1.165, 1.54) is 13.2 Å². The van der Waals surface area contributed by atoms with Gasteiger partial charge in [-0.2, -0.15) is 10.2 Å². The molecule has 1 saturated heterocycles. The number of hydrogen-bond acceptors (Lipinski definition) is 12. The van der Waals surface area contributed by atoms with E-state index in [4.69, 9.17) is 13.4 Å². The molecule has 1 aromatic carbocycles. The molecule has 3 fully saturated rings. The highest BCUT2D eigenvalue weighted by Gasteiger charge is 2.52. The summed E-state index contributed by atoms with van der Waals surface area (Å²) in [6, 6.07) is 8.62. The van der Waals surface area contributed by atoms with Crippen LogP contribution in [0.3, 0.4) is 0 Å². The maximum absolute atomic E-state index is 12.8. The van der Waals surface area contributed by atoms with Gasteiger partial charge in [-0.15, -0.1) is 10.2 Å². The molecule has 0 bridgehead atoms. The summed E-state index contributed by atoms with van der Waals surface area (Å²) in [6.45, 7) is -0.173. The molecule has 2 aromatic heterocycles. The summed E-state index contributed by atoms with van der Waals surface area (Å²) in [5.74, 6) is -0.470. The number of piperazine rings is 1. The molecule has 1 aliphatic heterocycles. The second kappa shape index (κ2) is 11.9. The number of benzene rings is 1. The van der Waals surface area contributed by atoms with Crippen molar-refractivity contribution in [1.29, 1.82) is 5.26 Å². The van der Waals surface area contributed by atoms with Crippen LogP contribution in [-0.4, -0.2) is 88.1 Å². The smallest absolute Gasteiger partial charge is 0.273 e. The molecule has 6 rings (SSSR count). The lowest BCUT2D eigenvalue weighted by molar-refractivity contribution is -0.136. The molecule has 2 aliphatic carbocycles. The van der Waals surface area contributed by atoms with E-state index >= 15 is 0 Å². The van der Waals surface area contributed by atoms with Gasteiger partial charge in [0.15, 0.2) is 23.1 Å². The first-order chi connectivity index (χ1) is 22.5. The quantitative estimate of drug-likeness (QED) is 0.306. The molecule has 3 amide bonds. The molecule has 44 heavy (non-hydrogen) atoms. The average Bonchev–Trinajstić information content (AvgIpc) is 3.98. The van der Waals surface area contributed by atoms with Crippen LogP contribution < -0.4 is 20.7 Å². The minimum absolute atomic E-state index is 0.0644. The number of carbonyl (C=O) groups excluding carboxylic acids is 3. The highest BCUT2D eigenvalue weighted by Crippen LogP contribution is 2.46. The van der Waals surface area contributed by atoms with Gasteiger partial charge < -0.3 is 30.1 Å². The SMILES string of the molecule is [2H]C([2H])([2H])NC(=O)c1nnc(NC(=O)C2CC2)cc1Nc1cccc(-c2nc(CN3CCN(C(=O)C4(C#N)CC4)CC3)no2)c1OC. The summed E-state index contributed by atoms with van der Waals surface area (Å²) in [5.41, 5.74) is -0.294. The summed E-state index contributed by atoms with van der Waals surface area (Å²) >= 11 is 0. The van der Waals surface area contributed by atoms with Gasteiger partial charge in [-0.05, 0) is 37.8 Å². The van der Waals surface area contributed by atoms with E-state index in [1.807, 2.05) is 5.32 Å². The third-order valence-electron chi connectivity index (χ3n) is 7.91. The summed E-state index contributed by atoms with van der Waals surface area (Å²) in [5, 5.41) is 28.9. The van der Waals surface area contributed by atoms with Gasteiger partial charge in [-0.25, -0.2) is 0 Å². The zero-order chi connectivity index (χ0) is 33.3. The van der Waals surface area contributed by atoms with Crippen LogP contribution >= 0.6 is 0 Å². The molecule has 3 aromatic rings. The number of methoxy groups -OCH3 is 1. The first-order valence-electron chi connectivity index (χ1n) is 15.7. The minimum atomic E-state index is -2.77. The van der Waals surface area contributed by atoms with Crippen LogP contribution in [0, 0.1) is 22.7 Å². The summed E-state index contributed by atoms with van der Waals surface area (Å²) in [7, 11) is 1.44. The zero-order valence-electron chi connectivity index (χ0n) is 26.9. The molecule has 15 nitrogen and oxygen atoms in total. The molecule has 0 spiro atoms. The number of rotatable bonds is 10. The molecule has 0 atom stereocenters. The highest BCUT2D eigenvalue weighted by molar-refractivity contribution is 6.00. The Balaban J connectivity index is 1.19. The van der Waals surface area contributed by atoms with Gasteiger partial charge in [-0.3, -0.25) is 19.3 Å². The number of para-hydroxylation sites is 1. The van der Waals surface area contributed by atoms with Crippen LogP contribution in [0.4, 0.5) is 17.2 Å². The van der Waals surface area contributed by atoms with Crippen LogP contribution in [0.5, 0.6) is 5.75 Å². The fourth-order valence-electron chi connectivity index (χ4n) is 5.06. The maximum Gasteiger partial charge on any atom is 0.273 e. The van der Waals surface area contributed by atoms with Crippen LogP contribution in [0.2, 0.25) is 0 Å². The van der Waals surface area contributed by atoms with Crippen molar-refractivity contribution in [2.75, 3.05) is 50.9 Å². The monoisotopic (exact) mass is 603 g/mol. The molecular weight excluding hydrogens is 568 g/mol. The van der Waals surface area contributed by atoms with Crippen molar-refractivity contribution in [2.24, 2.45) is 11.3 Å². The number of hydrogen-bond donors (Lipinski definition) is 3. The summed E-state index contributed by atoms with van der Waals surface area (Å²) in [6.07, 6.45) is 2.78. The fraction of sp³-hybridized carbons (Fsp3) is 0.448. The Bertz CT molecular complexity index is 1740. The van der Waals surface area contributed by atoms with Crippen molar-refractivity contribution < 1.29 is 27.8 Å². The largest absolute Gasteiger partial charge is 0.494 e. The van der Waals surface area contributed by atoms with E-state index in [0.717, 1.165) is 12.8 Å². The number of carbonyl (C=O) groups is 3.